The van der Waals surface area contributed by atoms with E-state index in [-0.39, 0.29) is 11.5 Å². The van der Waals surface area contributed by atoms with E-state index < -0.39 is 5.97 Å². The molecule has 0 aliphatic carbocycles. The summed E-state index contributed by atoms with van der Waals surface area (Å²) in [4.78, 5) is 24.2. The van der Waals surface area contributed by atoms with Gasteiger partial charge in [-0.3, -0.25) is 9.69 Å². The Kier molecular flexibility index (Phi) is 5.74. The number of methoxy groups -OCH3 is 1. The van der Waals surface area contributed by atoms with E-state index in [1.807, 2.05) is 12.1 Å². The average molecular weight is 320 g/mol. The summed E-state index contributed by atoms with van der Waals surface area (Å²) in [6.07, 6.45) is 2.88. The summed E-state index contributed by atoms with van der Waals surface area (Å²) in [7, 11) is 1.69. The van der Waals surface area contributed by atoms with Gasteiger partial charge in [-0.1, -0.05) is 12.1 Å². The van der Waals surface area contributed by atoms with Gasteiger partial charge >= 0.3 is 5.97 Å². The number of hydrogen-bond acceptors (Lipinski definition) is 4. The topological polar surface area (TPSA) is 92.9 Å². The van der Waals surface area contributed by atoms with Crippen LogP contribution < -0.4 is 5.73 Å². The van der Waals surface area contributed by atoms with Gasteiger partial charge in [0.05, 0.1) is 11.2 Å². The van der Waals surface area contributed by atoms with Crippen LogP contribution >= 0.6 is 0 Å². The highest BCUT2D eigenvalue weighted by Gasteiger charge is 2.35. The summed E-state index contributed by atoms with van der Waals surface area (Å²) in [5, 5.41) is 8.94. The van der Waals surface area contributed by atoms with Crippen LogP contribution in [0.5, 0.6) is 0 Å². The third kappa shape index (κ3) is 4.77. The highest BCUT2D eigenvalue weighted by Crippen LogP contribution is 2.30. The van der Waals surface area contributed by atoms with E-state index in [2.05, 4.69) is 4.90 Å². The average Bonchev–Trinajstić information content (AvgIpc) is 2.54. The molecular formula is C17H24N2O4. The van der Waals surface area contributed by atoms with E-state index in [0.29, 0.717) is 18.4 Å². The Labute approximate surface area is 136 Å². The van der Waals surface area contributed by atoms with E-state index in [4.69, 9.17) is 15.6 Å². The number of carbonyl (C=O) groups excluding carboxylic acids is 1. The molecule has 126 valence electrons. The van der Waals surface area contributed by atoms with Crippen LogP contribution in [0.4, 0.5) is 0 Å². The zero-order valence-electron chi connectivity index (χ0n) is 13.5. The molecule has 1 heterocycles. The second-order valence-electron chi connectivity index (χ2n) is 6.17. The van der Waals surface area contributed by atoms with Crippen molar-refractivity contribution < 1.29 is 19.4 Å². The number of piperidine rings is 1. The molecular weight excluding hydrogens is 296 g/mol. The maximum absolute atomic E-state index is 11.1. The van der Waals surface area contributed by atoms with Crippen molar-refractivity contribution in [2.75, 3.05) is 20.2 Å². The second kappa shape index (κ2) is 7.57. The van der Waals surface area contributed by atoms with Gasteiger partial charge in [-0.15, -0.1) is 0 Å². The van der Waals surface area contributed by atoms with Gasteiger partial charge in [-0.05, 0) is 43.5 Å². The molecule has 0 unspecified atom stereocenters. The van der Waals surface area contributed by atoms with Crippen LogP contribution in [0.1, 0.15) is 41.6 Å². The van der Waals surface area contributed by atoms with E-state index in [0.717, 1.165) is 38.0 Å². The van der Waals surface area contributed by atoms with Crippen molar-refractivity contribution >= 4 is 11.9 Å². The molecule has 2 rings (SSSR count). The van der Waals surface area contributed by atoms with Crippen LogP contribution in [0.25, 0.3) is 0 Å². The number of nitrogens with zero attached hydrogens (tertiary/aromatic N) is 1. The van der Waals surface area contributed by atoms with Crippen LogP contribution in [-0.4, -0.2) is 47.7 Å². The minimum atomic E-state index is -0.917. The standard InChI is InChI=1S/C17H24N2O4/c1-23-17(9-7-15(18)20)8-2-10-19(12-17)11-13-3-5-14(6-4-13)16(21)22/h3-6H,2,7-12H2,1H3,(H2,18,20)(H,21,22)/t17-/m1/s1. The minimum absolute atomic E-state index is 0.292. The minimum Gasteiger partial charge on any atom is -0.478 e. The summed E-state index contributed by atoms with van der Waals surface area (Å²) in [5.41, 5.74) is 6.30. The quantitative estimate of drug-likeness (QED) is 0.796. The SMILES string of the molecule is CO[C@@]1(CCC(N)=O)CCCN(Cc2ccc(C(=O)O)cc2)C1. The number of primary amides is 1. The molecule has 1 fully saturated rings. The number of carboxylic acids is 1. The first-order chi connectivity index (χ1) is 10.9. The molecule has 0 aromatic heterocycles. The number of ether oxygens (including phenoxy) is 1. The van der Waals surface area contributed by atoms with Gasteiger partial charge in [0.25, 0.3) is 0 Å². The van der Waals surface area contributed by atoms with E-state index >= 15 is 0 Å². The number of likely N-dealkylation sites (tertiary alicyclic amines) is 1. The molecule has 23 heavy (non-hydrogen) atoms. The zero-order chi connectivity index (χ0) is 16.9. The van der Waals surface area contributed by atoms with Gasteiger partial charge in [0.15, 0.2) is 0 Å². The van der Waals surface area contributed by atoms with Crippen molar-refractivity contribution in [3.8, 4) is 0 Å². The van der Waals surface area contributed by atoms with Gasteiger partial charge in [-0.2, -0.15) is 0 Å². The molecule has 1 saturated heterocycles. The third-order valence-corrected chi connectivity index (χ3v) is 4.49. The molecule has 3 N–H and O–H groups in total. The summed E-state index contributed by atoms with van der Waals surface area (Å²) >= 11 is 0. The molecule has 1 aromatic rings. The lowest BCUT2D eigenvalue weighted by atomic mass is 9.87. The van der Waals surface area contributed by atoms with E-state index in [1.54, 1.807) is 19.2 Å². The van der Waals surface area contributed by atoms with Crippen LogP contribution in [0, 0.1) is 0 Å². The third-order valence-electron chi connectivity index (χ3n) is 4.49. The lowest BCUT2D eigenvalue weighted by Gasteiger charge is -2.42. The molecule has 0 saturated carbocycles. The van der Waals surface area contributed by atoms with Crippen LogP contribution in [-0.2, 0) is 16.1 Å². The Balaban J connectivity index is 1.99. The molecule has 1 amide bonds. The molecule has 1 aromatic carbocycles. The number of hydrogen-bond donors (Lipinski definition) is 2. The highest BCUT2D eigenvalue weighted by atomic mass is 16.5. The molecule has 6 nitrogen and oxygen atoms in total. The molecule has 0 spiro atoms. The Morgan fingerprint density at radius 1 is 1.35 bits per heavy atom. The Hall–Kier alpha value is -1.92. The van der Waals surface area contributed by atoms with Crippen LogP contribution in [0.15, 0.2) is 24.3 Å². The monoisotopic (exact) mass is 320 g/mol. The van der Waals surface area contributed by atoms with Crippen molar-refractivity contribution in [1.82, 2.24) is 4.90 Å². The van der Waals surface area contributed by atoms with Gasteiger partial charge in [0.1, 0.15) is 0 Å². The first kappa shape index (κ1) is 17.4. The van der Waals surface area contributed by atoms with Gasteiger partial charge in [0.2, 0.25) is 5.91 Å². The van der Waals surface area contributed by atoms with Crippen molar-refractivity contribution in [2.45, 2.75) is 37.8 Å². The number of amides is 1. The second-order valence-corrected chi connectivity index (χ2v) is 6.17. The Bertz CT molecular complexity index is 558. The number of nitrogens with two attached hydrogens (primary N) is 1. The summed E-state index contributed by atoms with van der Waals surface area (Å²) < 4.78 is 5.72. The number of aromatic carboxylic acids is 1. The summed E-state index contributed by atoms with van der Waals surface area (Å²) in [6.45, 7) is 2.45. The maximum atomic E-state index is 11.1. The molecule has 6 heteroatoms. The normalized spacial score (nSPS) is 22.0. The predicted octanol–water partition coefficient (Wildman–Crippen LogP) is 1.63. The largest absolute Gasteiger partial charge is 0.478 e. The van der Waals surface area contributed by atoms with Gasteiger partial charge in [-0.25, -0.2) is 4.79 Å². The van der Waals surface area contributed by atoms with E-state index in [9.17, 15) is 9.59 Å². The summed E-state index contributed by atoms with van der Waals surface area (Å²) in [5.74, 6) is -1.22. The molecule has 1 atom stereocenters. The molecule has 0 radical (unpaired) electrons. The molecule has 1 aliphatic heterocycles. The number of rotatable bonds is 7. The van der Waals surface area contributed by atoms with Crippen molar-refractivity contribution in [1.29, 1.82) is 0 Å². The highest BCUT2D eigenvalue weighted by molar-refractivity contribution is 5.87. The van der Waals surface area contributed by atoms with Gasteiger partial charge in [0, 0.05) is 26.6 Å². The fourth-order valence-electron chi connectivity index (χ4n) is 3.16. The fraction of sp³-hybridized carbons (Fsp3) is 0.529. The van der Waals surface area contributed by atoms with Crippen molar-refractivity contribution in [2.24, 2.45) is 5.73 Å². The zero-order valence-corrected chi connectivity index (χ0v) is 13.5. The lowest BCUT2D eigenvalue weighted by Crippen LogP contribution is -2.49. The maximum Gasteiger partial charge on any atom is 0.335 e. The van der Waals surface area contributed by atoms with Gasteiger partial charge < -0.3 is 15.6 Å². The van der Waals surface area contributed by atoms with Crippen LogP contribution in [0.3, 0.4) is 0 Å². The number of benzene rings is 1. The lowest BCUT2D eigenvalue weighted by molar-refractivity contribution is -0.121. The first-order valence-electron chi connectivity index (χ1n) is 7.82. The van der Waals surface area contributed by atoms with Crippen LogP contribution in [0.2, 0.25) is 0 Å². The molecule has 0 bridgehead atoms. The van der Waals surface area contributed by atoms with Crippen molar-refractivity contribution in [3.63, 3.8) is 0 Å². The fourth-order valence-corrected chi connectivity index (χ4v) is 3.16. The smallest absolute Gasteiger partial charge is 0.335 e. The Morgan fingerprint density at radius 3 is 2.61 bits per heavy atom. The molecule has 1 aliphatic rings. The Morgan fingerprint density at radius 2 is 2.04 bits per heavy atom. The number of carboxylic acid groups (broad SMARTS) is 1. The van der Waals surface area contributed by atoms with Crippen molar-refractivity contribution in [3.05, 3.63) is 35.4 Å². The first-order valence-corrected chi connectivity index (χ1v) is 7.82. The predicted molar refractivity (Wildman–Crippen MR) is 86.1 cm³/mol. The van der Waals surface area contributed by atoms with E-state index in [1.165, 1.54) is 0 Å². The summed E-state index contributed by atoms with van der Waals surface area (Å²) in [6, 6.07) is 6.93. The number of carbonyl (C=O) groups is 2.